The van der Waals surface area contributed by atoms with Gasteiger partial charge in [0.25, 0.3) is 0 Å². The second-order valence-corrected chi connectivity index (χ2v) is 11.6. The molecule has 39 heavy (non-hydrogen) atoms. The minimum atomic E-state index is -0.254. The molecule has 0 radical (unpaired) electrons. The van der Waals surface area contributed by atoms with Gasteiger partial charge in [0, 0.05) is 47.9 Å². The van der Waals surface area contributed by atoms with E-state index < -0.39 is 0 Å². The highest BCUT2D eigenvalue weighted by atomic mass is 35.5. The molecule has 0 spiro atoms. The molecule has 8 nitrogen and oxygen atoms in total. The van der Waals surface area contributed by atoms with Crippen molar-refractivity contribution in [3.8, 4) is 6.01 Å². The Labute approximate surface area is 234 Å². The van der Waals surface area contributed by atoms with Crippen molar-refractivity contribution in [3.05, 3.63) is 58.2 Å². The van der Waals surface area contributed by atoms with Crippen LogP contribution in [0.25, 0.3) is 10.8 Å². The largest absolute Gasteiger partial charge is 0.462 e. The van der Waals surface area contributed by atoms with Gasteiger partial charge in [0.15, 0.2) is 0 Å². The number of primary amides is 1. The molecule has 3 aliphatic heterocycles. The first-order chi connectivity index (χ1) is 19.0. The van der Waals surface area contributed by atoms with Crippen LogP contribution in [0.15, 0.2) is 36.4 Å². The number of aromatic nitrogens is 2. The quantitative estimate of drug-likeness (QED) is 0.458. The topological polar surface area (TPSA) is 93.8 Å². The van der Waals surface area contributed by atoms with Crippen LogP contribution in [0.3, 0.4) is 0 Å². The Balaban J connectivity index is 1.33. The van der Waals surface area contributed by atoms with Crippen molar-refractivity contribution in [2.75, 3.05) is 38.2 Å². The van der Waals surface area contributed by atoms with Gasteiger partial charge in [-0.1, -0.05) is 41.9 Å². The first-order valence-corrected chi connectivity index (χ1v) is 14.4. The summed E-state index contributed by atoms with van der Waals surface area (Å²) >= 11 is 6.65. The fraction of sp³-hybridized carbons (Fsp3) is 0.500. The van der Waals surface area contributed by atoms with Crippen molar-refractivity contribution in [2.24, 2.45) is 11.7 Å². The molecule has 9 heteroatoms. The van der Waals surface area contributed by atoms with Crippen molar-refractivity contribution in [3.63, 3.8) is 0 Å². The first kappa shape index (κ1) is 26.3. The molecule has 1 aromatic heterocycles. The summed E-state index contributed by atoms with van der Waals surface area (Å²) in [6.45, 7) is 3.66. The summed E-state index contributed by atoms with van der Waals surface area (Å²) in [6.07, 6.45) is 5.09. The van der Waals surface area contributed by atoms with Gasteiger partial charge < -0.3 is 25.0 Å². The second kappa shape index (κ2) is 11.3. The van der Waals surface area contributed by atoms with E-state index in [1.54, 1.807) is 0 Å². The van der Waals surface area contributed by atoms with Crippen LogP contribution in [0.2, 0.25) is 5.02 Å². The van der Waals surface area contributed by atoms with Crippen molar-refractivity contribution in [2.45, 2.75) is 57.3 Å². The van der Waals surface area contributed by atoms with Gasteiger partial charge >= 0.3 is 6.01 Å². The number of nitrogens with two attached hydrogens (primary N) is 1. The number of hydrogen-bond acceptors (Lipinski definition) is 7. The van der Waals surface area contributed by atoms with Crippen LogP contribution >= 0.6 is 11.6 Å². The van der Waals surface area contributed by atoms with Gasteiger partial charge in [-0.15, -0.1) is 0 Å². The number of hydrogen-bond donors (Lipinski definition) is 1. The molecule has 1 amide bonds. The summed E-state index contributed by atoms with van der Waals surface area (Å²) in [5.74, 6) is 0.822. The lowest BCUT2D eigenvalue weighted by Gasteiger charge is -2.36. The van der Waals surface area contributed by atoms with Gasteiger partial charge in [-0.25, -0.2) is 0 Å². The van der Waals surface area contributed by atoms with Crippen molar-refractivity contribution in [1.82, 2.24) is 14.9 Å². The van der Waals surface area contributed by atoms with Crippen LogP contribution in [0.5, 0.6) is 6.01 Å². The number of likely N-dealkylation sites (N-methyl/N-ethyl adjacent to an activating group) is 1. The minimum absolute atomic E-state index is 0.179. The molecule has 4 heterocycles. The van der Waals surface area contributed by atoms with Crippen LogP contribution in [-0.4, -0.2) is 60.1 Å². The zero-order chi connectivity index (χ0) is 26.9. The smallest absolute Gasteiger partial charge is 0.318 e. The van der Waals surface area contributed by atoms with Gasteiger partial charge in [0.2, 0.25) is 5.91 Å². The molecule has 2 N–H and O–H groups in total. The highest BCUT2D eigenvalue weighted by Gasteiger charge is 2.32. The van der Waals surface area contributed by atoms with Crippen LogP contribution in [0.1, 0.15) is 55.0 Å². The molecular formula is C30H36ClN5O3. The average Bonchev–Trinajstić information content (AvgIpc) is 3.35. The Morgan fingerprint density at radius 2 is 1.97 bits per heavy atom. The lowest BCUT2D eigenvalue weighted by molar-refractivity contribution is -0.118. The average molecular weight is 550 g/mol. The van der Waals surface area contributed by atoms with E-state index >= 15 is 0 Å². The number of amides is 1. The third kappa shape index (κ3) is 5.55. The number of likely N-dealkylation sites (tertiary alicyclic amines) is 1. The third-order valence-corrected chi connectivity index (χ3v) is 8.79. The zero-order valence-electron chi connectivity index (χ0n) is 22.4. The molecule has 6 rings (SSSR count). The van der Waals surface area contributed by atoms with E-state index in [-0.39, 0.29) is 17.9 Å². The number of carbonyl (C=O) groups is 1. The van der Waals surface area contributed by atoms with E-state index in [4.69, 9.17) is 36.8 Å². The molecule has 3 aliphatic rings. The normalized spacial score (nSPS) is 23.6. The molecule has 2 fully saturated rings. The van der Waals surface area contributed by atoms with E-state index in [9.17, 15) is 4.79 Å². The molecule has 0 saturated carbocycles. The van der Waals surface area contributed by atoms with Crippen LogP contribution < -0.4 is 15.4 Å². The number of nitrogens with zero attached hydrogens (tertiary/aromatic N) is 4. The Hall–Kier alpha value is -2.94. The molecule has 0 unspecified atom stereocenters. The Bertz CT molecular complexity index is 1360. The maximum Gasteiger partial charge on any atom is 0.318 e. The maximum absolute atomic E-state index is 11.6. The predicted molar refractivity (Wildman–Crippen MR) is 152 cm³/mol. The Kier molecular flexibility index (Phi) is 7.60. The van der Waals surface area contributed by atoms with Gasteiger partial charge in [0.1, 0.15) is 12.4 Å². The minimum Gasteiger partial charge on any atom is -0.462 e. The highest BCUT2D eigenvalue weighted by Crippen LogP contribution is 2.40. The van der Waals surface area contributed by atoms with E-state index in [2.05, 4.69) is 41.1 Å². The number of rotatable bonds is 7. The number of benzene rings is 2. The number of halogens is 1. The van der Waals surface area contributed by atoms with E-state index in [0.29, 0.717) is 38.1 Å². The lowest BCUT2D eigenvalue weighted by Crippen LogP contribution is -2.39. The zero-order valence-corrected chi connectivity index (χ0v) is 23.2. The van der Waals surface area contributed by atoms with E-state index in [1.165, 1.54) is 6.42 Å². The highest BCUT2D eigenvalue weighted by molar-refractivity contribution is 6.35. The molecule has 206 valence electrons. The summed E-state index contributed by atoms with van der Waals surface area (Å²) in [4.78, 5) is 26.1. The summed E-state index contributed by atoms with van der Waals surface area (Å²) < 4.78 is 12.7. The van der Waals surface area contributed by atoms with Crippen molar-refractivity contribution >= 4 is 34.1 Å². The van der Waals surface area contributed by atoms with E-state index in [1.807, 2.05) is 12.1 Å². The predicted octanol–water partition coefficient (Wildman–Crippen LogP) is 4.66. The van der Waals surface area contributed by atoms with Gasteiger partial charge in [-0.3, -0.25) is 4.79 Å². The molecule has 0 bridgehead atoms. The monoisotopic (exact) mass is 549 g/mol. The molecule has 3 atom stereocenters. The summed E-state index contributed by atoms with van der Waals surface area (Å²) in [5, 5.41) is 2.84. The standard InChI is InChI=1S/C30H36ClN5O3/c1-35-12-5-9-21(35)17-39-30-33-25-15-26(22-10-2-7-20-8-3-11-24(31)28(20)22)38-18-23(25)29(34-30)36-13-4-6-19(16-36)14-27(32)37/h2-3,7-8,10-11,19,21,26H,4-6,9,12-18H2,1H3,(H2,32,37)/t19-,21-,26-/m0/s1. The second-order valence-electron chi connectivity index (χ2n) is 11.2. The van der Waals surface area contributed by atoms with Crippen LogP contribution in [0, 0.1) is 5.92 Å². The maximum atomic E-state index is 11.6. The molecule has 3 aromatic rings. The van der Waals surface area contributed by atoms with Gasteiger partial charge in [-0.2, -0.15) is 9.97 Å². The summed E-state index contributed by atoms with van der Waals surface area (Å²) in [5.41, 5.74) is 8.56. The SMILES string of the molecule is CN1CCC[C@H]1COc1nc2c(c(N3CCC[C@@H](CC(N)=O)C3)n1)CO[C@H](c1cccc3cccc(Cl)c13)C2. The first-order valence-electron chi connectivity index (χ1n) is 14.0. The number of fused-ring (bicyclic) bond motifs is 2. The summed E-state index contributed by atoms with van der Waals surface area (Å²) in [7, 11) is 2.14. The van der Waals surface area contributed by atoms with Crippen LogP contribution in [0.4, 0.5) is 5.82 Å². The fourth-order valence-electron chi connectivity index (χ4n) is 6.42. The van der Waals surface area contributed by atoms with Crippen LogP contribution in [-0.2, 0) is 22.6 Å². The number of piperidine rings is 1. The molecular weight excluding hydrogens is 514 g/mol. The fourth-order valence-corrected chi connectivity index (χ4v) is 6.71. The number of carbonyl (C=O) groups excluding carboxylic acids is 1. The van der Waals surface area contributed by atoms with Crippen molar-refractivity contribution in [1.29, 1.82) is 0 Å². The molecule has 2 saturated heterocycles. The molecule has 0 aliphatic carbocycles. The number of ether oxygens (including phenoxy) is 2. The Morgan fingerprint density at radius 1 is 1.15 bits per heavy atom. The van der Waals surface area contributed by atoms with Gasteiger partial charge in [-0.05, 0) is 62.2 Å². The van der Waals surface area contributed by atoms with Crippen molar-refractivity contribution < 1.29 is 14.3 Å². The Morgan fingerprint density at radius 3 is 2.77 bits per heavy atom. The van der Waals surface area contributed by atoms with Gasteiger partial charge in [0.05, 0.1) is 18.4 Å². The molecule has 2 aromatic carbocycles. The third-order valence-electron chi connectivity index (χ3n) is 8.48. The lowest BCUT2D eigenvalue weighted by atomic mass is 9.93. The van der Waals surface area contributed by atoms with E-state index in [0.717, 1.165) is 77.3 Å². The summed E-state index contributed by atoms with van der Waals surface area (Å²) in [6, 6.07) is 13.0. The number of anilines is 1.